The summed E-state index contributed by atoms with van der Waals surface area (Å²) in [4.78, 5) is 91.7. The number of anilines is 2. The second kappa shape index (κ2) is 27.1. The van der Waals surface area contributed by atoms with E-state index in [2.05, 4.69) is 31.1 Å². The number of aryl methyl sites for hydroxylation is 1. The highest BCUT2D eigenvalue weighted by Crippen LogP contribution is 2.36. The largest absolute Gasteiger partial charge is 0.482 e. The number of nitrogens with two attached hydrogens (primary N) is 1. The Balaban J connectivity index is 0.790. The number of carbonyl (C=O) groups is 6. The van der Waals surface area contributed by atoms with Crippen LogP contribution in [0.1, 0.15) is 143 Å². The Bertz CT molecular complexity index is 3020. The summed E-state index contributed by atoms with van der Waals surface area (Å²) in [5.74, 6) is -2.60. The molecule has 1 unspecified atom stereocenters. The lowest BCUT2D eigenvalue weighted by atomic mass is 9.85. The van der Waals surface area contributed by atoms with E-state index < -0.39 is 47.3 Å². The van der Waals surface area contributed by atoms with E-state index in [1.807, 2.05) is 76.2 Å². The lowest BCUT2D eigenvalue weighted by Crippen LogP contribution is -2.59. The van der Waals surface area contributed by atoms with E-state index in [9.17, 15) is 38.3 Å². The van der Waals surface area contributed by atoms with Crippen molar-refractivity contribution in [2.45, 2.75) is 149 Å². The molecule has 6 amide bonds. The van der Waals surface area contributed by atoms with Gasteiger partial charge in [0.05, 0.1) is 27.2 Å². The van der Waals surface area contributed by atoms with E-state index in [0.29, 0.717) is 43.6 Å². The van der Waals surface area contributed by atoms with Gasteiger partial charge in [-0.05, 0) is 93.5 Å². The van der Waals surface area contributed by atoms with Gasteiger partial charge in [0, 0.05) is 85.4 Å². The third-order valence-corrected chi connectivity index (χ3v) is 16.1. The highest BCUT2D eigenvalue weighted by atomic mass is 35.5. The average Bonchev–Trinajstić information content (AvgIpc) is 4.07. The van der Waals surface area contributed by atoms with Crippen LogP contribution in [0.2, 0.25) is 10.0 Å². The summed E-state index contributed by atoms with van der Waals surface area (Å²) in [5, 5.41) is 26.9. The monoisotopic (exact) mass is 1160 g/mol. The van der Waals surface area contributed by atoms with E-state index in [1.165, 1.54) is 17.0 Å². The number of nitrogen functional groups attached to an aromatic ring is 1. The summed E-state index contributed by atoms with van der Waals surface area (Å²) < 4.78 is 20.1. The van der Waals surface area contributed by atoms with Crippen molar-refractivity contribution in [3.63, 3.8) is 0 Å². The molecular weight excluding hydrogens is 1090 g/mol. The number of unbranched alkanes of at least 4 members (excludes halogenated alkanes) is 5. The van der Waals surface area contributed by atoms with Crippen LogP contribution < -0.4 is 26.4 Å². The minimum atomic E-state index is -0.905. The van der Waals surface area contributed by atoms with Crippen LogP contribution in [0.3, 0.4) is 0 Å². The molecule has 0 radical (unpaired) electrons. The molecule has 2 saturated heterocycles. The molecule has 6 N–H and O–H groups in total. The molecule has 22 heteroatoms. The fourth-order valence-corrected chi connectivity index (χ4v) is 11.7. The molecular formula is C58H71Cl2FN10O8S. The number of rotatable bonds is 21. The number of likely N-dealkylation sites (tertiary alicyclic amines) is 1. The van der Waals surface area contributed by atoms with Crippen molar-refractivity contribution in [1.29, 1.82) is 0 Å². The van der Waals surface area contributed by atoms with Gasteiger partial charge in [0.2, 0.25) is 23.6 Å². The Morgan fingerprint density at radius 2 is 1.54 bits per heavy atom. The maximum atomic E-state index is 14.2. The van der Waals surface area contributed by atoms with Crippen molar-refractivity contribution >= 4 is 81.5 Å². The van der Waals surface area contributed by atoms with Crippen LogP contribution in [0.5, 0.6) is 5.75 Å². The maximum Gasteiger partial charge on any atom is 0.276 e. The fourth-order valence-electron chi connectivity index (χ4n) is 10.2. The summed E-state index contributed by atoms with van der Waals surface area (Å²) in [6.45, 7) is 14.0. The molecule has 5 aromatic rings. The average molecular weight is 1160 g/mol. The number of ether oxygens (including phenoxy) is 1. The number of piperazine rings is 1. The van der Waals surface area contributed by atoms with Gasteiger partial charge in [-0.3, -0.25) is 28.8 Å². The minimum absolute atomic E-state index is 0.00407. The normalized spacial score (nSPS) is 18.1. The molecule has 7 rings (SSSR count). The Morgan fingerprint density at radius 3 is 2.17 bits per heavy atom. The van der Waals surface area contributed by atoms with E-state index >= 15 is 0 Å². The standard InChI is InChI=1S/C58H71Cl2FN10O8S/c1-33-29-69(56(77)39-20-22-40(23-21-39)65-54(75)44-27-46(53(62)68-67-44)79-36(4)49-42(59)24-25-43(61)50(49)60)30-34(2)71(33)48(74)15-13-11-9-8-10-12-14-47(73)66-52(58(5,6)7)57(78)70-31-41(72)26-45(70)55(76)63-28-37-16-18-38(19-17-37)51-35(3)64-32-80-51/h16-25,27,32-34,36,41,45,52,72H,8-15,26,28-31H2,1-7H3,(H2,62,68)(H,63,76)(H,65,75)(H,66,73)/t33-,34+,36-,41-,45+,52?/m1/s1. The van der Waals surface area contributed by atoms with Crippen LogP contribution in [-0.4, -0.2) is 120 Å². The first-order valence-electron chi connectivity index (χ1n) is 27.0. The maximum absolute atomic E-state index is 14.2. The first-order chi connectivity index (χ1) is 38.0. The number of aliphatic hydroxyl groups is 1. The molecule has 4 heterocycles. The number of aromatic nitrogens is 3. The summed E-state index contributed by atoms with van der Waals surface area (Å²) in [6.07, 6.45) is 3.74. The first kappa shape index (κ1) is 60.9. The SMILES string of the molecule is Cc1ncsc1-c1ccc(CNC(=O)[C@@H]2C[C@@H](O)CN2C(=O)C(NC(=O)CCCCCCCCC(=O)N2[C@H](C)CN(C(=O)c3ccc(NC(=O)c4cc(O[C@H](C)c5c(Cl)ccc(F)c5Cl)c(N)nn4)cc3)C[C@@H]2C)C(C)(C)C)cc1. The highest BCUT2D eigenvalue weighted by Gasteiger charge is 2.44. The quantitative estimate of drug-likeness (QED) is 0.0341. The number of aliphatic hydroxyl groups excluding tert-OH is 1. The van der Waals surface area contributed by atoms with Gasteiger partial charge in [-0.1, -0.05) is 93.9 Å². The molecule has 2 fully saturated rings. The van der Waals surface area contributed by atoms with Crippen LogP contribution in [0.4, 0.5) is 15.9 Å². The Kier molecular flexibility index (Phi) is 20.7. The van der Waals surface area contributed by atoms with Crippen molar-refractivity contribution in [2.75, 3.05) is 30.7 Å². The van der Waals surface area contributed by atoms with Gasteiger partial charge in [0.25, 0.3) is 11.8 Å². The van der Waals surface area contributed by atoms with E-state index in [4.69, 9.17) is 33.7 Å². The minimum Gasteiger partial charge on any atom is -0.482 e. The van der Waals surface area contributed by atoms with Crippen LogP contribution >= 0.6 is 34.5 Å². The van der Waals surface area contributed by atoms with Gasteiger partial charge < -0.3 is 46.2 Å². The second-order valence-electron chi connectivity index (χ2n) is 21.8. The Hall–Kier alpha value is -6.74. The summed E-state index contributed by atoms with van der Waals surface area (Å²) >= 11 is 14.0. The zero-order valence-corrected chi connectivity index (χ0v) is 48.5. The zero-order chi connectivity index (χ0) is 58.0. The number of β-amino-alcohol motifs (C(OH)–C–C–N with tert-alkyl or cyclic N) is 1. The van der Waals surface area contributed by atoms with Gasteiger partial charge in [-0.25, -0.2) is 9.37 Å². The summed E-state index contributed by atoms with van der Waals surface area (Å²) in [7, 11) is 0. The molecule has 2 aliphatic rings. The molecule has 0 spiro atoms. The molecule has 0 bridgehead atoms. The van der Waals surface area contributed by atoms with Crippen molar-refractivity contribution in [3.8, 4) is 16.2 Å². The molecule has 6 atom stereocenters. The fraction of sp³-hybridized carbons (Fsp3) is 0.466. The number of amides is 6. The molecule has 3 aromatic carbocycles. The van der Waals surface area contributed by atoms with Crippen LogP contribution in [-0.2, 0) is 25.7 Å². The number of halogens is 3. The molecule has 80 heavy (non-hydrogen) atoms. The number of nitrogens with one attached hydrogen (secondary N) is 3. The number of nitrogens with zero attached hydrogens (tertiary/aromatic N) is 6. The Labute approximate surface area is 480 Å². The number of carbonyl (C=O) groups excluding carboxylic acids is 6. The molecule has 2 aromatic heterocycles. The Morgan fingerprint density at radius 1 is 0.887 bits per heavy atom. The lowest BCUT2D eigenvalue weighted by molar-refractivity contribution is -0.144. The van der Waals surface area contributed by atoms with Gasteiger partial charge in [0.1, 0.15) is 24.0 Å². The predicted molar refractivity (Wildman–Crippen MR) is 307 cm³/mol. The summed E-state index contributed by atoms with van der Waals surface area (Å²) in [5.41, 5.74) is 10.9. The van der Waals surface area contributed by atoms with Gasteiger partial charge in [0.15, 0.2) is 17.3 Å². The molecule has 0 aliphatic carbocycles. The smallest absolute Gasteiger partial charge is 0.276 e. The molecule has 2 aliphatic heterocycles. The van der Waals surface area contributed by atoms with Gasteiger partial charge >= 0.3 is 0 Å². The van der Waals surface area contributed by atoms with Crippen LogP contribution in [0.25, 0.3) is 10.4 Å². The van der Waals surface area contributed by atoms with Crippen LogP contribution in [0, 0.1) is 18.2 Å². The number of hydrogen-bond donors (Lipinski definition) is 5. The highest BCUT2D eigenvalue weighted by molar-refractivity contribution is 7.13. The van der Waals surface area contributed by atoms with Gasteiger partial charge in [-0.15, -0.1) is 21.5 Å². The van der Waals surface area contributed by atoms with Crippen molar-refractivity contribution in [2.24, 2.45) is 5.41 Å². The zero-order valence-electron chi connectivity index (χ0n) is 46.2. The number of thiazole rings is 1. The first-order valence-corrected chi connectivity index (χ1v) is 28.6. The molecule has 18 nitrogen and oxygen atoms in total. The third-order valence-electron chi connectivity index (χ3n) is 14.4. The topological polar surface area (TPSA) is 242 Å². The predicted octanol–water partition coefficient (Wildman–Crippen LogP) is 9.32. The van der Waals surface area contributed by atoms with E-state index in [-0.39, 0.29) is 94.5 Å². The van der Waals surface area contributed by atoms with Crippen molar-refractivity contribution in [1.82, 2.24) is 40.5 Å². The van der Waals surface area contributed by atoms with E-state index in [1.54, 1.807) is 47.4 Å². The number of hydrogen-bond acceptors (Lipinski definition) is 13. The van der Waals surface area contributed by atoms with E-state index in [0.717, 1.165) is 53.4 Å². The third kappa shape index (κ3) is 15.4. The van der Waals surface area contributed by atoms with Crippen LogP contribution in [0.15, 0.2) is 72.2 Å². The second-order valence-corrected chi connectivity index (χ2v) is 23.4. The van der Waals surface area contributed by atoms with Crippen molar-refractivity contribution < 1.29 is 43.0 Å². The molecule has 428 valence electrons. The molecule has 0 saturated carbocycles. The lowest BCUT2D eigenvalue weighted by Gasteiger charge is -2.44. The summed E-state index contributed by atoms with van der Waals surface area (Å²) in [6, 6.07) is 15.9. The van der Waals surface area contributed by atoms with Crippen molar-refractivity contribution in [3.05, 3.63) is 116 Å². The number of benzene rings is 3. The van der Waals surface area contributed by atoms with Gasteiger partial charge in [-0.2, -0.15) is 0 Å².